The van der Waals surface area contributed by atoms with Crippen LogP contribution in [0.25, 0.3) is 11.3 Å². The molecule has 0 aliphatic carbocycles. The summed E-state index contributed by atoms with van der Waals surface area (Å²) in [6, 6.07) is 23.5. The standard InChI is InChI=1S/C33H36N4O4S/c1-22(2)18-27-21-41-30-20-29(31-23(3)10-8-11-24(31)4)34-33(35-30)36-42(39,40)28-15-9-14-26(19-28)32(38)37(27)17-16-25-12-6-5-7-13-25/h5-15,19-20,22,27H,16-18,21H2,1-4H3,(H,34,35,36)/t27-/m1/s1. The molecule has 0 saturated carbocycles. The molecular weight excluding hydrogens is 548 g/mol. The molecule has 1 atom stereocenters. The van der Waals surface area contributed by atoms with Gasteiger partial charge in [0.25, 0.3) is 15.9 Å². The molecule has 0 fully saturated rings. The molecule has 1 amide bonds. The minimum absolute atomic E-state index is 0.0421. The number of carbonyl (C=O) groups is 1. The topological polar surface area (TPSA) is 101 Å². The lowest BCUT2D eigenvalue weighted by molar-refractivity contribution is 0.0579. The molecule has 0 unspecified atom stereocenters. The van der Waals surface area contributed by atoms with E-state index < -0.39 is 10.0 Å². The number of hydrogen-bond donors (Lipinski definition) is 1. The van der Waals surface area contributed by atoms with Gasteiger partial charge in [0.2, 0.25) is 11.8 Å². The average Bonchev–Trinajstić information content (AvgIpc) is 2.95. The second-order valence-corrected chi connectivity index (χ2v) is 12.8. The van der Waals surface area contributed by atoms with Crippen molar-refractivity contribution in [3.8, 4) is 17.1 Å². The van der Waals surface area contributed by atoms with E-state index in [1.807, 2.05) is 67.3 Å². The van der Waals surface area contributed by atoms with Gasteiger partial charge < -0.3 is 9.64 Å². The zero-order valence-electron chi connectivity index (χ0n) is 24.4. The summed E-state index contributed by atoms with van der Waals surface area (Å²) in [7, 11) is -4.11. The Bertz CT molecular complexity index is 1670. The number of hydrogen-bond acceptors (Lipinski definition) is 6. The van der Waals surface area contributed by atoms with Gasteiger partial charge in [-0.2, -0.15) is 4.98 Å². The second kappa shape index (κ2) is 12.3. The van der Waals surface area contributed by atoms with Crippen molar-refractivity contribution < 1.29 is 17.9 Å². The Hall–Kier alpha value is -4.24. The molecule has 4 bridgehead atoms. The van der Waals surface area contributed by atoms with Crippen LogP contribution in [0.1, 0.15) is 47.3 Å². The Morgan fingerprint density at radius 1 is 0.952 bits per heavy atom. The summed E-state index contributed by atoms with van der Waals surface area (Å²) in [5, 5.41) is 0. The number of aryl methyl sites for hydroxylation is 2. The lowest BCUT2D eigenvalue weighted by Gasteiger charge is -2.33. The van der Waals surface area contributed by atoms with Gasteiger partial charge in [-0.15, -0.1) is 0 Å². The first-order valence-electron chi connectivity index (χ1n) is 14.2. The number of carbonyl (C=O) groups excluding carboxylic acids is 1. The van der Waals surface area contributed by atoms with Gasteiger partial charge in [-0.25, -0.2) is 18.1 Å². The summed E-state index contributed by atoms with van der Waals surface area (Å²) in [6.45, 7) is 8.82. The number of sulfonamides is 1. The number of nitrogens with one attached hydrogen (secondary N) is 1. The van der Waals surface area contributed by atoms with Crippen LogP contribution in [-0.2, 0) is 16.4 Å². The largest absolute Gasteiger partial charge is 0.475 e. The van der Waals surface area contributed by atoms with Gasteiger partial charge in [0, 0.05) is 23.7 Å². The number of nitrogens with zero attached hydrogens (tertiary/aromatic N) is 3. The van der Waals surface area contributed by atoms with Crippen LogP contribution in [0.3, 0.4) is 0 Å². The van der Waals surface area contributed by atoms with Crippen LogP contribution in [0.4, 0.5) is 5.95 Å². The van der Waals surface area contributed by atoms with Crippen molar-refractivity contribution in [2.75, 3.05) is 17.9 Å². The van der Waals surface area contributed by atoms with Crippen molar-refractivity contribution in [2.45, 2.75) is 51.5 Å². The van der Waals surface area contributed by atoms with Crippen molar-refractivity contribution >= 4 is 21.9 Å². The predicted octanol–water partition coefficient (Wildman–Crippen LogP) is 6.05. The Balaban J connectivity index is 1.63. The summed E-state index contributed by atoms with van der Waals surface area (Å²) in [4.78, 5) is 24.9. The Labute approximate surface area is 247 Å². The fourth-order valence-electron chi connectivity index (χ4n) is 5.39. The number of anilines is 1. The maximum atomic E-state index is 14.1. The van der Waals surface area contributed by atoms with Gasteiger partial charge in [-0.1, -0.05) is 68.4 Å². The molecule has 1 aliphatic heterocycles. The number of fused-ring (bicyclic) bond motifs is 4. The van der Waals surface area contributed by atoms with Gasteiger partial charge in [0.05, 0.1) is 16.6 Å². The number of rotatable bonds is 6. The van der Waals surface area contributed by atoms with E-state index >= 15 is 0 Å². The molecule has 1 N–H and O–H groups in total. The smallest absolute Gasteiger partial charge is 0.264 e. The first-order valence-corrected chi connectivity index (χ1v) is 15.7. The molecule has 1 aromatic heterocycles. The maximum absolute atomic E-state index is 14.1. The van der Waals surface area contributed by atoms with Crippen LogP contribution < -0.4 is 9.46 Å². The van der Waals surface area contributed by atoms with Crippen molar-refractivity contribution in [3.63, 3.8) is 0 Å². The zero-order valence-corrected chi connectivity index (χ0v) is 25.2. The number of ether oxygens (including phenoxy) is 1. The first-order chi connectivity index (χ1) is 20.1. The van der Waals surface area contributed by atoms with Gasteiger partial charge in [-0.3, -0.25) is 4.79 Å². The SMILES string of the molecule is Cc1cccc(C)c1-c1cc2nc(n1)NS(=O)(=O)c1cccc(c1)C(=O)N(CCc1ccccc1)[C@H](CC(C)C)CO2. The molecule has 0 spiro atoms. The van der Waals surface area contributed by atoms with Gasteiger partial charge >= 0.3 is 0 Å². The third-order valence-corrected chi connectivity index (χ3v) is 8.74. The average molecular weight is 585 g/mol. The number of amides is 1. The van der Waals surface area contributed by atoms with E-state index in [0.29, 0.717) is 30.6 Å². The molecule has 1 aliphatic rings. The quantitative estimate of drug-likeness (QED) is 0.296. The molecule has 0 saturated heterocycles. The minimum Gasteiger partial charge on any atom is -0.475 e. The molecule has 218 valence electrons. The summed E-state index contributed by atoms with van der Waals surface area (Å²) < 4.78 is 35.8. The van der Waals surface area contributed by atoms with Crippen LogP contribution >= 0.6 is 0 Å². The molecule has 42 heavy (non-hydrogen) atoms. The number of benzene rings is 3. The van der Waals surface area contributed by atoms with E-state index in [0.717, 1.165) is 22.3 Å². The molecule has 8 nitrogen and oxygen atoms in total. The molecule has 5 rings (SSSR count). The van der Waals surface area contributed by atoms with Crippen LogP contribution in [0.2, 0.25) is 0 Å². The van der Waals surface area contributed by atoms with Crippen molar-refractivity contribution in [3.05, 3.63) is 101 Å². The lowest BCUT2D eigenvalue weighted by Crippen LogP contribution is -2.45. The highest BCUT2D eigenvalue weighted by Crippen LogP contribution is 2.30. The third-order valence-electron chi connectivity index (χ3n) is 7.41. The summed E-state index contributed by atoms with van der Waals surface area (Å²) in [5.41, 5.74) is 4.83. The fraction of sp³-hybridized carbons (Fsp3) is 0.303. The minimum atomic E-state index is -4.11. The normalized spacial score (nSPS) is 16.5. The molecule has 4 aromatic rings. The molecular formula is C33H36N4O4S. The van der Waals surface area contributed by atoms with Crippen molar-refractivity contribution in [1.29, 1.82) is 0 Å². The molecule has 9 heteroatoms. The highest BCUT2D eigenvalue weighted by molar-refractivity contribution is 7.92. The van der Waals surface area contributed by atoms with E-state index in [-0.39, 0.29) is 41.2 Å². The molecule has 0 radical (unpaired) electrons. The highest BCUT2D eigenvalue weighted by atomic mass is 32.2. The summed E-state index contributed by atoms with van der Waals surface area (Å²) in [5.74, 6) is 0.171. The van der Waals surface area contributed by atoms with Gasteiger partial charge in [0.15, 0.2) is 0 Å². The molecule has 2 heterocycles. The third kappa shape index (κ3) is 6.62. The van der Waals surface area contributed by atoms with E-state index in [4.69, 9.17) is 4.74 Å². The van der Waals surface area contributed by atoms with Crippen molar-refractivity contribution in [1.82, 2.24) is 14.9 Å². The maximum Gasteiger partial charge on any atom is 0.264 e. The summed E-state index contributed by atoms with van der Waals surface area (Å²) in [6.07, 6.45) is 1.34. The van der Waals surface area contributed by atoms with E-state index in [2.05, 4.69) is 28.5 Å². The fourth-order valence-corrected chi connectivity index (χ4v) is 6.38. The summed E-state index contributed by atoms with van der Waals surface area (Å²) >= 11 is 0. The van der Waals surface area contributed by atoms with E-state index in [1.165, 1.54) is 12.1 Å². The van der Waals surface area contributed by atoms with Crippen molar-refractivity contribution in [2.24, 2.45) is 5.92 Å². The first kappa shape index (κ1) is 29.3. The Kier molecular flexibility index (Phi) is 8.59. The Morgan fingerprint density at radius 2 is 1.67 bits per heavy atom. The van der Waals surface area contributed by atoms with Gasteiger partial charge in [-0.05, 0) is 67.5 Å². The van der Waals surface area contributed by atoms with E-state index in [9.17, 15) is 13.2 Å². The van der Waals surface area contributed by atoms with Crippen LogP contribution in [0.15, 0.2) is 83.8 Å². The van der Waals surface area contributed by atoms with E-state index in [1.54, 1.807) is 18.2 Å². The Morgan fingerprint density at radius 3 is 2.38 bits per heavy atom. The number of aromatic nitrogens is 2. The monoisotopic (exact) mass is 584 g/mol. The lowest BCUT2D eigenvalue weighted by atomic mass is 10.00. The second-order valence-electron chi connectivity index (χ2n) is 11.1. The molecule has 3 aromatic carbocycles. The van der Waals surface area contributed by atoms with Gasteiger partial charge in [0.1, 0.15) is 6.61 Å². The van der Waals surface area contributed by atoms with Crippen LogP contribution in [0, 0.1) is 19.8 Å². The predicted molar refractivity (Wildman–Crippen MR) is 164 cm³/mol. The van der Waals surface area contributed by atoms with Crippen LogP contribution in [0.5, 0.6) is 5.88 Å². The van der Waals surface area contributed by atoms with Crippen LogP contribution in [-0.4, -0.2) is 48.4 Å². The zero-order chi connectivity index (χ0) is 29.9. The highest BCUT2D eigenvalue weighted by Gasteiger charge is 2.29.